The van der Waals surface area contributed by atoms with Gasteiger partial charge in [-0.05, 0) is 111 Å². The van der Waals surface area contributed by atoms with Crippen LogP contribution in [0.25, 0.3) is 6.08 Å². The number of unbranched alkanes of at least 4 members (excludes halogenated alkanes) is 1. The molecule has 1 saturated heterocycles. The van der Waals surface area contributed by atoms with E-state index in [4.69, 9.17) is 51.5 Å². The third kappa shape index (κ3) is 18.2. The van der Waals surface area contributed by atoms with Crippen LogP contribution in [0.4, 0.5) is 0 Å². The first-order valence-corrected chi connectivity index (χ1v) is 34.0. The molecule has 2 bridgehead atoms. The van der Waals surface area contributed by atoms with Gasteiger partial charge in [0, 0.05) is 68.2 Å². The fourth-order valence-corrected chi connectivity index (χ4v) is 14.1. The maximum Gasteiger partial charge on any atom is 0.350 e. The fourth-order valence-electron chi connectivity index (χ4n) is 14.0. The van der Waals surface area contributed by atoms with Crippen LogP contribution in [0.2, 0.25) is 5.02 Å². The van der Waals surface area contributed by atoms with Crippen molar-refractivity contribution in [1.82, 2.24) is 26.6 Å². The maximum atomic E-state index is 15.9. The molecule has 3 fully saturated rings. The second-order valence-corrected chi connectivity index (χ2v) is 27.2. The summed E-state index contributed by atoms with van der Waals surface area (Å²) in [5, 5.41) is 39.8. The number of amides is 7. The van der Waals surface area contributed by atoms with Gasteiger partial charge in [-0.2, -0.15) is 0 Å². The number of carbonyl (C=O) groups is 13. The molecule has 0 unspecified atom stereocenters. The third-order valence-electron chi connectivity index (χ3n) is 19.6. The predicted octanol–water partition coefficient (Wildman–Crippen LogP) is 3.95. The molecule has 7 amide bonds. The second-order valence-electron chi connectivity index (χ2n) is 26.8. The molecule has 4 aliphatic rings. The second kappa shape index (κ2) is 33.8. The minimum absolute atomic E-state index is 0.00224. The largest absolute Gasteiger partial charge is 0.455 e. The molecule has 11 N–H and O–H groups in total. The molecule has 1 aliphatic heterocycles. The smallest absolute Gasteiger partial charge is 0.350 e. The van der Waals surface area contributed by atoms with Gasteiger partial charge in [0.1, 0.15) is 48.1 Å². The maximum absolute atomic E-state index is 15.9. The Bertz CT molecular complexity index is 3930. The van der Waals surface area contributed by atoms with Crippen molar-refractivity contribution < 1.29 is 101 Å². The molecule has 4 aromatic carbocycles. The number of benzene rings is 4. The van der Waals surface area contributed by atoms with Crippen molar-refractivity contribution in [2.24, 2.45) is 28.2 Å². The normalized spacial score (nSPS) is 24.5. The van der Waals surface area contributed by atoms with Gasteiger partial charge in [0.2, 0.25) is 41.5 Å². The van der Waals surface area contributed by atoms with Gasteiger partial charge in [0.25, 0.3) is 5.91 Å². The number of nitrogens with two attached hydrogens (primary N) is 2. The number of aliphatic hydroxyl groups excluding tert-OH is 1. The first kappa shape index (κ1) is 78.6. The van der Waals surface area contributed by atoms with E-state index >= 15 is 9.59 Å². The summed E-state index contributed by atoms with van der Waals surface area (Å²) in [6.07, 6.45) is -10.3. The minimum Gasteiger partial charge on any atom is -0.455 e. The van der Waals surface area contributed by atoms with Crippen molar-refractivity contribution in [2.75, 3.05) is 13.2 Å². The van der Waals surface area contributed by atoms with Gasteiger partial charge in [0.05, 0.1) is 36.0 Å². The number of Topliss-reactive ketones (excluding diaryl/α,β-unsaturated/α-hetero) is 1. The lowest BCUT2D eigenvalue weighted by atomic mass is 9.44. The number of esters is 5. The van der Waals surface area contributed by atoms with Crippen LogP contribution in [-0.2, 0) is 81.2 Å². The molecule has 8 rings (SSSR count). The van der Waals surface area contributed by atoms with Gasteiger partial charge >= 0.3 is 29.8 Å². The molecule has 4 aromatic rings. The Kier molecular flexibility index (Phi) is 25.7. The number of halogens is 1. The van der Waals surface area contributed by atoms with E-state index in [1.807, 2.05) is 0 Å². The summed E-state index contributed by atoms with van der Waals surface area (Å²) in [6.45, 7) is 8.90. The Morgan fingerprint density at radius 3 is 1.92 bits per heavy atom. The highest BCUT2D eigenvalue weighted by Gasteiger charge is 2.78. The molecule has 0 aromatic heterocycles. The molecule has 550 valence electrons. The molecular weight excluding hydrogens is 1360 g/mol. The molecule has 0 spiro atoms. The van der Waals surface area contributed by atoms with Crippen LogP contribution in [0, 0.1) is 16.7 Å². The van der Waals surface area contributed by atoms with E-state index < -0.39 is 192 Å². The van der Waals surface area contributed by atoms with Crippen LogP contribution in [0.5, 0.6) is 0 Å². The standard InChI is InChI=1S/C74H86ClN7O21/c1-40-51(38-74(97)64(102-69(95)47-23-15-10-16-24-47)62-72(7,52(85)37-53-73(62,39-98-53)103-43(4)84)63(90)60(99-42(3)83)58(40)71(74,5)6)100-70(96)61(59(45-19-11-8-12-20-45)82-68(94)46-21-13-9-14-22-46)101-57(89)35-34-54(86)78-36-18-17-25-49(65(76)91)80-56(88)33-31-50(66(77)92)81-67(93)41(2)79-55(87)32-28-44-26-29-48(75)30-27-44/h8-16,19-24,26-30,32,41,49-53,59-62,64,85,97H,17-18,25,31,33-39H2,1-7H3,(H2,76,91)(H2,77,92)(H,78,86)(H,79,87)(H,80,88)(H,81,93)(H,82,94)/b32-28+/t41-,49-,50-,51-,52-,53+,59+,60+,61+,62-,64-,72+,73-,74+/m0/s1. The summed E-state index contributed by atoms with van der Waals surface area (Å²) in [5.74, 6) is -13.4. The minimum atomic E-state index is -2.57. The molecule has 3 aliphatic carbocycles. The Morgan fingerprint density at radius 2 is 1.33 bits per heavy atom. The summed E-state index contributed by atoms with van der Waals surface area (Å²) >= 11 is 5.90. The molecule has 103 heavy (non-hydrogen) atoms. The zero-order valence-electron chi connectivity index (χ0n) is 57.9. The van der Waals surface area contributed by atoms with Crippen LogP contribution in [0.1, 0.15) is 144 Å². The molecule has 2 saturated carbocycles. The van der Waals surface area contributed by atoms with Crippen molar-refractivity contribution in [1.29, 1.82) is 0 Å². The average molecular weight is 1440 g/mol. The van der Waals surface area contributed by atoms with Gasteiger partial charge in [-0.1, -0.05) is 104 Å². The first-order chi connectivity index (χ1) is 48.7. The number of primary amides is 2. The summed E-state index contributed by atoms with van der Waals surface area (Å²) in [5.41, 5.74) is 3.57. The summed E-state index contributed by atoms with van der Waals surface area (Å²) in [7, 11) is 0. The van der Waals surface area contributed by atoms with E-state index in [0.29, 0.717) is 10.6 Å². The van der Waals surface area contributed by atoms with Crippen LogP contribution in [0.3, 0.4) is 0 Å². The summed E-state index contributed by atoms with van der Waals surface area (Å²) in [4.78, 5) is 178. The number of ether oxygens (including phenoxy) is 6. The van der Waals surface area contributed by atoms with Crippen molar-refractivity contribution in [3.05, 3.63) is 160 Å². The van der Waals surface area contributed by atoms with E-state index in [9.17, 15) is 63.0 Å². The third-order valence-corrected chi connectivity index (χ3v) is 19.8. The van der Waals surface area contributed by atoms with Crippen LogP contribution in [0.15, 0.2) is 132 Å². The summed E-state index contributed by atoms with van der Waals surface area (Å²) in [6, 6.07) is 24.7. The summed E-state index contributed by atoms with van der Waals surface area (Å²) < 4.78 is 37.0. The number of nitrogens with one attached hydrogen (secondary N) is 5. The van der Waals surface area contributed by atoms with Crippen molar-refractivity contribution in [3.8, 4) is 0 Å². The molecule has 28 nitrogen and oxygen atoms in total. The van der Waals surface area contributed by atoms with E-state index in [-0.39, 0.29) is 72.9 Å². The number of rotatable bonds is 30. The van der Waals surface area contributed by atoms with E-state index in [0.717, 1.165) is 13.8 Å². The van der Waals surface area contributed by atoms with Gasteiger partial charge in [-0.3, -0.25) is 52.7 Å². The van der Waals surface area contributed by atoms with Gasteiger partial charge < -0.3 is 76.7 Å². The van der Waals surface area contributed by atoms with Gasteiger partial charge in [-0.25, -0.2) is 9.59 Å². The number of aliphatic hydroxyl groups is 2. The van der Waals surface area contributed by atoms with E-state index in [1.54, 1.807) is 78.9 Å². The Labute approximate surface area is 599 Å². The number of carbonyl (C=O) groups excluding carboxylic acids is 13. The first-order valence-electron chi connectivity index (χ1n) is 33.6. The molecule has 1 heterocycles. The van der Waals surface area contributed by atoms with Crippen LogP contribution >= 0.6 is 11.6 Å². The Hall–Kier alpha value is -10.2. The molecule has 14 atom stereocenters. The lowest BCUT2D eigenvalue weighted by molar-refractivity contribution is -0.346. The van der Waals surface area contributed by atoms with Crippen LogP contribution in [-0.4, -0.2) is 166 Å². The van der Waals surface area contributed by atoms with Crippen LogP contribution < -0.4 is 38.1 Å². The predicted molar refractivity (Wildman–Crippen MR) is 367 cm³/mol. The molecule has 0 radical (unpaired) electrons. The number of hydrogen-bond acceptors (Lipinski definition) is 21. The lowest BCUT2D eigenvalue weighted by Crippen LogP contribution is -2.82. The molecule has 29 heteroatoms. The van der Waals surface area contributed by atoms with Gasteiger partial charge in [0.15, 0.2) is 17.5 Å². The van der Waals surface area contributed by atoms with Crippen molar-refractivity contribution >= 4 is 94.7 Å². The van der Waals surface area contributed by atoms with Crippen molar-refractivity contribution in [2.45, 2.75) is 178 Å². The number of fused-ring (bicyclic) bond motifs is 5. The highest BCUT2D eigenvalue weighted by Crippen LogP contribution is 2.64. The van der Waals surface area contributed by atoms with Crippen molar-refractivity contribution in [3.63, 3.8) is 0 Å². The van der Waals surface area contributed by atoms with E-state index in [2.05, 4.69) is 26.6 Å². The Morgan fingerprint density at radius 1 is 0.718 bits per heavy atom. The highest BCUT2D eigenvalue weighted by atomic mass is 35.5. The molecular formula is C74H86ClN7O21. The average Bonchev–Trinajstić information content (AvgIpc) is 0.669. The lowest BCUT2D eigenvalue weighted by Gasteiger charge is -2.67. The Balaban J connectivity index is 0.982. The number of hydrogen-bond donors (Lipinski definition) is 9. The zero-order chi connectivity index (χ0) is 75.3. The van der Waals surface area contributed by atoms with E-state index in [1.165, 1.54) is 83.2 Å². The highest BCUT2D eigenvalue weighted by molar-refractivity contribution is 6.30. The van der Waals surface area contributed by atoms with Gasteiger partial charge in [-0.15, -0.1) is 0 Å². The fraction of sp³-hybridized carbons (Fsp3) is 0.446. The topological polar surface area (TPSA) is 430 Å². The monoisotopic (exact) mass is 1440 g/mol. The zero-order valence-corrected chi connectivity index (χ0v) is 58.7. The quantitative estimate of drug-likeness (QED) is 0.0117. The number of ketones is 1. The SMILES string of the molecule is CC(=O)O[C@H]1C(=O)[C@@]2(C)[C@H]([C@H](OC(=O)c3ccccc3)[C@]3(O)C[C@H](OC(=O)[C@H](OC(=O)CCC(=O)NCCCC[C@H](NC(=O)CC[C@H](NC(=O)[C@H](C)NC(=O)/C=C/c4ccc(Cl)cc4)C(N)=O)C(N)=O)[C@H](NC(=O)c4ccccc4)c4ccccc4)C(C)=C1C3(C)C)[C@]1(OC(C)=O)CO[C@@H]1C[C@@H]2O.